The first kappa shape index (κ1) is 14.7. The Hall–Kier alpha value is -1.66. The van der Waals surface area contributed by atoms with E-state index < -0.39 is 5.97 Å². The van der Waals surface area contributed by atoms with Gasteiger partial charge in [0.1, 0.15) is 0 Å². The highest BCUT2D eigenvalue weighted by molar-refractivity contribution is 7.80. The van der Waals surface area contributed by atoms with E-state index in [4.69, 9.17) is 22.1 Å². The number of rotatable bonds is 4. The molecule has 0 aliphatic carbocycles. The fourth-order valence-electron chi connectivity index (χ4n) is 2.12. The summed E-state index contributed by atoms with van der Waals surface area (Å²) in [5, 5.41) is 15.6. The first-order valence-electron chi connectivity index (χ1n) is 6.56. The lowest BCUT2D eigenvalue weighted by molar-refractivity contribution is 0.0697. The van der Waals surface area contributed by atoms with Gasteiger partial charge in [0.2, 0.25) is 0 Å². The second kappa shape index (κ2) is 6.67. The van der Waals surface area contributed by atoms with Crippen molar-refractivity contribution in [3.8, 4) is 0 Å². The van der Waals surface area contributed by atoms with E-state index in [0.29, 0.717) is 11.7 Å². The number of anilines is 1. The van der Waals surface area contributed by atoms with Crippen LogP contribution < -0.4 is 10.6 Å². The summed E-state index contributed by atoms with van der Waals surface area (Å²) >= 11 is 5.22. The molecule has 1 aliphatic rings. The summed E-state index contributed by atoms with van der Waals surface area (Å²) in [5.74, 6) is -0.932. The highest BCUT2D eigenvalue weighted by Gasteiger charge is 2.15. The number of carbonyl (C=O) groups is 1. The van der Waals surface area contributed by atoms with Crippen LogP contribution in [0.4, 0.5) is 5.69 Å². The number of thiocarbonyl (C=S) groups is 1. The maximum atomic E-state index is 10.9. The SMILES string of the molecule is Cc1cc(C(=O)O)ccc1NC(=S)NC[C@@H]1CCCO1. The molecule has 1 atom stereocenters. The highest BCUT2D eigenvalue weighted by Crippen LogP contribution is 2.16. The third-order valence-corrected chi connectivity index (χ3v) is 3.48. The van der Waals surface area contributed by atoms with Crippen LogP contribution >= 0.6 is 12.2 Å². The number of benzene rings is 1. The van der Waals surface area contributed by atoms with E-state index in [-0.39, 0.29) is 11.7 Å². The monoisotopic (exact) mass is 294 g/mol. The minimum atomic E-state index is -0.932. The van der Waals surface area contributed by atoms with Crippen LogP contribution in [0, 0.1) is 6.92 Å². The molecule has 1 saturated heterocycles. The lowest BCUT2D eigenvalue weighted by Crippen LogP contribution is -2.35. The van der Waals surface area contributed by atoms with Crippen LogP contribution in [-0.4, -0.2) is 35.4 Å². The topological polar surface area (TPSA) is 70.6 Å². The van der Waals surface area contributed by atoms with Gasteiger partial charge < -0.3 is 20.5 Å². The molecule has 0 radical (unpaired) electrons. The minimum absolute atomic E-state index is 0.227. The zero-order valence-corrected chi connectivity index (χ0v) is 12.1. The maximum Gasteiger partial charge on any atom is 0.335 e. The van der Waals surface area contributed by atoms with Crippen molar-refractivity contribution < 1.29 is 14.6 Å². The molecule has 0 bridgehead atoms. The molecule has 20 heavy (non-hydrogen) atoms. The van der Waals surface area contributed by atoms with E-state index in [2.05, 4.69) is 10.6 Å². The van der Waals surface area contributed by atoms with E-state index >= 15 is 0 Å². The normalized spacial score (nSPS) is 17.8. The standard InChI is InChI=1S/C14H18N2O3S/c1-9-7-10(13(17)18)4-5-12(9)16-14(20)15-8-11-3-2-6-19-11/h4-5,7,11H,2-3,6,8H2,1H3,(H,17,18)(H2,15,16,20)/t11-/m0/s1. The van der Waals surface area contributed by atoms with E-state index in [9.17, 15) is 4.79 Å². The molecular formula is C14H18N2O3S. The molecule has 0 saturated carbocycles. The van der Waals surface area contributed by atoms with Gasteiger partial charge in [-0.05, 0) is 55.7 Å². The van der Waals surface area contributed by atoms with Gasteiger partial charge in [-0.3, -0.25) is 0 Å². The van der Waals surface area contributed by atoms with E-state index in [1.54, 1.807) is 18.2 Å². The third kappa shape index (κ3) is 3.91. The molecule has 1 aromatic rings. The molecule has 108 valence electrons. The molecule has 1 heterocycles. The van der Waals surface area contributed by atoms with Crippen LogP contribution in [0.15, 0.2) is 18.2 Å². The van der Waals surface area contributed by atoms with Gasteiger partial charge in [-0.1, -0.05) is 0 Å². The minimum Gasteiger partial charge on any atom is -0.478 e. The van der Waals surface area contributed by atoms with E-state index in [1.807, 2.05) is 6.92 Å². The molecular weight excluding hydrogens is 276 g/mol. The molecule has 5 nitrogen and oxygen atoms in total. The summed E-state index contributed by atoms with van der Waals surface area (Å²) < 4.78 is 5.50. The Balaban J connectivity index is 1.88. The van der Waals surface area contributed by atoms with Gasteiger partial charge in [-0.2, -0.15) is 0 Å². The summed E-state index contributed by atoms with van der Waals surface area (Å²) in [6.07, 6.45) is 2.38. The Morgan fingerprint density at radius 2 is 2.35 bits per heavy atom. The van der Waals surface area contributed by atoms with Gasteiger partial charge in [-0.25, -0.2) is 4.79 Å². The van der Waals surface area contributed by atoms with Gasteiger partial charge in [0.15, 0.2) is 5.11 Å². The van der Waals surface area contributed by atoms with Crippen molar-refractivity contribution in [1.29, 1.82) is 0 Å². The Morgan fingerprint density at radius 1 is 1.55 bits per heavy atom. The van der Waals surface area contributed by atoms with Crippen LogP contribution in [0.5, 0.6) is 0 Å². The third-order valence-electron chi connectivity index (χ3n) is 3.24. The van der Waals surface area contributed by atoms with Gasteiger partial charge in [-0.15, -0.1) is 0 Å². The Morgan fingerprint density at radius 3 is 2.95 bits per heavy atom. The first-order chi connectivity index (χ1) is 9.56. The number of hydrogen-bond acceptors (Lipinski definition) is 3. The lowest BCUT2D eigenvalue weighted by Gasteiger charge is -2.15. The average Bonchev–Trinajstić information content (AvgIpc) is 2.91. The zero-order valence-electron chi connectivity index (χ0n) is 11.3. The second-order valence-corrected chi connectivity index (χ2v) is 5.21. The fraction of sp³-hybridized carbons (Fsp3) is 0.429. The van der Waals surface area contributed by atoms with Crippen molar-refractivity contribution in [1.82, 2.24) is 5.32 Å². The summed E-state index contributed by atoms with van der Waals surface area (Å²) in [7, 11) is 0. The molecule has 6 heteroatoms. The largest absolute Gasteiger partial charge is 0.478 e. The van der Waals surface area contributed by atoms with E-state index in [1.165, 1.54) is 0 Å². The number of ether oxygens (including phenoxy) is 1. The molecule has 3 N–H and O–H groups in total. The Bertz CT molecular complexity index is 513. The fourth-order valence-corrected chi connectivity index (χ4v) is 2.31. The smallest absolute Gasteiger partial charge is 0.335 e. The molecule has 0 aromatic heterocycles. The van der Waals surface area contributed by atoms with Gasteiger partial charge in [0, 0.05) is 18.8 Å². The number of aromatic carboxylic acids is 1. The first-order valence-corrected chi connectivity index (χ1v) is 6.97. The maximum absolute atomic E-state index is 10.9. The van der Waals surface area contributed by atoms with Crippen molar-refractivity contribution in [2.24, 2.45) is 0 Å². The van der Waals surface area contributed by atoms with Crippen molar-refractivity contribution in [3.63, 3.8) is 0 Å². The molecule has 1 aliphatic heterocycles. The van der Waals surface area contributed by atoms with Gasteiger partial charge in [0.25, 0.3) is 0 Å². The van der Waals surface area contributed by atoms with Crippen molar-refractivity contribution >= 4 is 29.0 Å². The molecule has 0 spiro atoms. The van der Waals surface area contributed by atoms with Gasteiger partial charge >= 0.3 is 5.97 Å². The number of hydrogen-bond donors (Lipinski definition) is 3. The Kier molecular flexibility index (Phi) is 4.92. The highest BCUT2D eigenvalue weighted by atomic mass is 32.1. The van der Waals surface area contributed by atoms with Crippen molar-refractivity contribution in [3.05, 3.63) is 29.3 Å². The predicted octanol–water partition coefficient (Wildman–Crippen LogP) is 2.16. The van der Waals surface area contributed by atoms with E-state index in [0.717, 1.165) is 30.7 Å². The molecule has 0 amide bonds. The zero-order chi connectivity index (χ0) is 14.5. The molecule has 0 unspecified atom stereocenters. The number of aryl methyl sites for hydroxylation is 1. The van der Waals surface area contributed by atoms with Crippen LogP contribution in [-0.2, 0) is 4.74 Å². The Labute approximate surface area is 123 Å². The van der Waals surface area contributed by atoms with Crippen LogP contribution in [0.2, 0.25) is 0 Å². The second-order valence-electron chi connectivity index (χ2n) is 4.80. The summed E-state index contributed by atoms with van der Waals surface area (Å²) in [6.45, 7) is 3.36. The number of carboxylic acid groups (broad SMARTS) is 1. The summed E-state index contributed by atoms with van der Waals surface area (Å²) in [4.78, 5) is 10.9. The molecule has 1 aromatic carbocycles. The van der Waals surface area contributed by atoms with Crippen LogP contribution in [0.25, 0.3) is 0 Å². The lowest BCUT2D eigenvalue weighted by atomic mass is 10.1. The van der Waals surface area contributed by atoms with Crippen molar-refractivity contribution in [2.75, 3.05) is 18.5 Å². The van der Waals surface area contributed by atoms with Gasteiger partial charge in [0.05, 0.1) is 11.7 Å². The van der Waals surface area contributed by atoms with Crippen LogP contribution in [0.1, 0.15) is 28.8 Å². The molecule has 2 rings (SSSR count). The molecule has 1 fully saturated rings. The number of nitrogens with one attached hydrogen (secondary N) is 2. The van der Waals surface area contributed by atoms with Crippen molar-refractivity contribution in [2.45, 2.75) is 25.9 Å². The average molecular weight is 294 g/mol. The summed E-state index contributed by atoms with van der Waals surface area (Å²) in [5.41, 5.74) is 1.91. The summed E-state index contributed by atoms with van der Waals surface area (Å²) in [6, 6.07) is 4.90. The number of carboxylic acids is 1. The predicted molar refractivity (Wildman–Crippen MR) is 81.3 cm³/mol. The quantitative estimate of drug-likeness (QED) is 0.739. The van der Waals surface area contributed by atoms with Crippen LogP contribution in [0.3, 0.4) is 0 Å².